The Morgan fingerprint density at radius 3 is 2.95 bits per heavy atom. The van der Waals surface area contributed by atoms with Crippen molar-refractivity contribution in [2.24, 2.45) is 0 Å². The van der Waals surface area contributed by atoms with Crippen molar-refractivity contribution < 1.29 is 9.53 Å². The molecule has 0 radical (unpaired) electrons. The van der Waals surface area contributed by atoms with Crippen LogP contribution in [-0.2, 0) is 9.53 Å². The van der Waals surface area contributed by atoms with Gasteiger partial charge in [-0.3, -0.25) is 9.20 Å². The van der Waals surface area contributed by atoms with Gasteiger partial charge in [0.2, 0.25) is 0 Å². The number of thioether (sulfide) groups is 1. The highest BCUT2D eigenvalue weighted by atomic mass is 35.5. The second-order valence-corrected chi connectivity index (χ2v) is 6.14. The van der Waals surface area contributed by atoms with Crippen molar-refractivity contribution in [1.82, 2.24) is 14.6 Å². The molecule has 0 N–H and O–H groups in total. The van der Waals surface area contributed by atoms with E-state index < -0.39 is 0 Å². The van der Waals surface area contributed by atoms with Crippen LogP contribution in [0, 0.1) is 6.92 Å². The number of ether oxygens (including phenoxy) is 1. The minimum Gasteiger partial charge on any atom is -0.465 e. The van der Waals surface area contributed by atoms with Gasteiger partial charge in [-0.15, -0.1) is 10.2 Å². The summed E-state index contributed by atoms with van der Waals surface area (Å²) < 4.78 is 6.87. The Hall–Kier alpha value is -1.79. The van der Waals surface area contributed by atoms with Gasteiger partial charge in [-0.2, -0.15) is 0 Å². The first-order chi connectivity index (χ1) is 10.6. The lowest BCUT2D eigenvalue weighted by molar-refractivity contribution is -0.139. The largest absolute Gasteiger partial charge is 0.465 e. The number of pyridine rings is 1. The van der Waals surface area contributed by atoms with Crippen LogP contribution in [-0.4, -0.2) is 32.9 Å². The first-order valence-electron chi connectivity index (χ1n) is 6.82. The summed E-state index contributed by atoms with van der Waals surface area (Å²) in [6, 6.07) is 7.66. The summed E-state index contributed by atoms with van der Waals surface area (Å²) in [5.41, 5.74) is 2.80. The van der Waals surface area contributed by atoms with Crippen molar-refractivity contribution in [2.45, 2.75) is 19.0 Å². The zero-order valence-corrected chi connectivity index (χ0v) is 13.7. The van der Waals surface area contributed by atoms with Crippen LogP contribution in [0.4, 0.5) is 0 Å². The van der Waals surface area contributed by atoms with Crippen LogP contribution >= 0.6 is 23.4 Å². The molecule has 3 aromatic rings. The average Bonchev–Trinajstić information content (AvgIpc) is 2.88. The number of nitrogens with zero attached hydrogens (tertiary/aromatic N) is 3. The highest BCUT2D eigenvalue weighted by Crippen LogP contribution is 2.27. The van der Waals surface area contributed by atoms with Gasteiger partial charge in [0.25, 0.3) is 0 Å². The Kier molecular flexibility index (Phi) is 4.22. The number of fused-ring (bicyclic) bond motifs is 3. The summed E-state index contributed by atoms with van der Waals surface area (Å²) in [6.45, 7) is 4.18. The van der Waals surface area contributed by atoms with E-state index in [2.05, 4.69) is 10.2 Å². The molecule has 0 fully saturated rings. The predicted molar refractivity (Wildman–Crippen MR) is 87.6 cm³/mol. The maximum absolute atomic E-state index is 11.5. The van der Waals surface area contributed by atoms with Gasteiger partial charge in [0, 0.05) is 10.4 Å². The highest BCUT2D eigenvalue weighted by molar-refractivity contribution is 7.99. The Morgan fingerprint density at radius 2 is 2.18 bits per heavy atom. The fourth-order valence-corrected chi connectivity index (χ4v) is 3.23. The minimum atomic E-state index is -0.260. The first-order valence-corrected chi connectivity index (χ1v) is 8.19. The molecule has 0 saturated heterocycles. The van der Waals surface area contributed by atoms with Gasteiger partial charge in [-0.1, -0.05) is 23.4 Å². The van der Waals surface area contributed by atoms with Gasteiger partial charge < -0.3 is 4.74 Å². The second-order valence-electron chi connectivity index (χ2n) is 4.76. The Balaban J connectivity index is 2.07. The van der Waals surface area contributed by atoms with E-state index in [0.717, 1.165) is 22.1 Å². The predicted octanol–water partition coefficient (Wildman–Crippen LogP) is 3.50. The van der Waals surface area contributed by atoms with Crippen LogP contribution in [0.15, 0.2) is 29.4 Å². The van der Waals surface area contributed by atoms with E-state index in [4.69, 9.17) is 16.3 Å². The number of hydrogen-bond acceptors (Lipinski definition) is 5. The standard InChI is InChI=1S/C15H14ClN3O2S/c1-3-21-14(20)8-22-15-18-17-13-6-9(2)11-7-10(16)4-5-12(11)19(13)15/h4-7H,3,8H2,1-2H3. The number of aromatic nitrogens is 3. The molecule has 0 spiro atoms. The van der Waals surface area contributed by atoms with E-state index in [1.807, 2.05) is 35.6 Å². The van der Waals surface area contributed by atoms with Gasteiger partial charge in [-0.05, 0) is 43.7 Å². The smallest absolute Gasteiger partial charge is 0.316 e. The number of carbonyl (C=O) groups is 1. The normalized spacial score (nSPS) is 11.2. The molecular formula is C15H14ClN3O2S. The summed E-state index contributed by atoms with van der Waals surface area (Å²) in [7, 11) is 0. The fourth-order valence-electron chi connectivity index (χ4n) is 2.31. The molecule has 0 saturated carbocycles. The number of halogens is 1. The molecule has 3 rings (SSSR count). The van der Waals surface area contributed by atoms with E-state index in [9.17, 15) is 4.79 Å². The number of benzene rings is 1. The van der Waals surface area contributed by atoms with Crippen LogP contribution in [0.25, 0.3) is 16.6 Å². The maximum atomic E-state index is 11.5. The lowest BCUT2D eigenvalue weighted by atomic mass is 10.1. The molecule has 1 aromatic carbocycles. The Morgan fingerprint density at radius 1 is 1.36 bits per heavy atom. The molecule has 0 aliphatic heterocycles. The van der Waals surface area contributed by atoms with Gasteiger partial charge >= 0.3 is 5.97 Å². The highest BCUT2D eigenvalue weighted by Gasteiger charge is 2.13. The van der Waals surface area contributed by atoms with Crippen LogP contribution in [0.2, 0.25) is 5.02 Å². The molecular weight excluding hydrogens is 322 g/mol. The van der Waals surface area contributed by atoms with E-state index >= 15 is 0 Å². The third-order valence-corrected chi connectivity index (χ3v) is 4.39. The van der Waals surface area contributed by atoms with E-state index in [-0.39, 0.29) is 11.7 Å². The lowest BCUT2D eigenvalue weighted by Crippen LogP contribution is -2.07. The number of rotatable bonds is 4. The Labute approximate surface area is 136 Å². The number of hydrogen-bond donors (Lipinski definition) is 0. The van der Waals surface area contributed by atoms with Crippen molar-refractivity contribution in [3.8, 4) is 0 Å². The van der Waals surface area contributed by atoms with Crippen molar-refractivity contribution >= 4 is 45.9 Å². The van der Waals surface area contributed by atoms with Crippen LogP contribution < -0.4 is 0 Å². The third-order valence-electron chi connectivity index (χ3n) is 3.25. The molecule has 114 valence electrons. The molecule has 22 heavy (non-hydrogen) atoms. The van der Waals surface area contributed by atoms with Gasteiger partial charge in [0.1, 0.15) is 0 Å². The van der Waals surface area contributed by atoms with E-state index in [1.54, 1.807) is 6.92 Å². The molecule has 2 aromatic heterocycles. The topological polar surface area (TPSA) is 56.5 Å². The minimum absolute atomic E-state index is 0.206. The number of carbonyl (C=O) groups excluding carboxylic acids is 1. The molecule has 7 heteroatoms. The molecule has 0 bridgehead atoms. The number of esters is 1. The quantitative estimate of drug-likeness (QED) is 0.539. The monoisotopic (exact) mass is 335 g/mol. The van der Waals surface area contributed by atoms with Crippen molar-refractivity contribution in [3.63, 3.8) is 0 Å². The molecule has 0 aliphatic rings. The summed E-state index contributed by atoms with van der Waals surface area (Å²) in [5.74, 6) is -0.0545. The van der Waals surface area contributed by atoms with E-state index in [0.29, 0.717) is 16.8 Å². The molecule has 5 nitrogen and oxygen atoms in total. The summed E-state index contributed by atoms with van der Waals surface area (Å²) in [5, 5.41) is 10.7. The molecule has 0 amide bonds. The SMILES string of the molecule is CCOC(=O)CSc1nnc2cc(C)c3cc(Cl)ccc3n12. The maximum Gasteiger partial charge on any atom is 0.316 e. The van der Waals surface area contributed by atoms with Crippen molar-refractivity contribution in [3.05, 3.63) is 34.9 Å². The first kappa shape index (κ1) is 15.1. The average molecular weight is 336 g/mol. The van der Waals surface area contributed by atoms with E-state index in [1.165, 1.54) is 11.8 Å². The van der Waals surface area contributed by atoms with Gasteiger partial charge in [0.15, 0.2) is 10.8 Å². The molecule has 0 unspecified atom stereocenters. The fraction of sp³-hybridized carbons (Fsp3) is 0.267. The van der Waals surface area contributed by atoms with Crippen LogP contribution in [0.5, 0.6) is 0 Å². The Bertz CT molecular complexity index is 863. The summed E-state index contributed by atoms with van der Waals surface area (Å²) in [6.07, 6.45) is 0. The number of aryl methyl sites for hydroxylation is 1. The van der Waals surface area contributed by atoms with Gasteiger partial charge in [-0.25, -0.2) is 0 Å². The molecule has 0 aliphatic carbocycles. The zero-order chi connectivity index (χ0) is 15.7. The van der Waals surface area contributed by atoms with Crippen molar-refractivity contribution in [1.29, 1.82) is 0 Å². The summed E-state index contributed by atoms with van der Waals surface area (Å²) in [4.78, 5) is 11.5. The third kappa shape index (κ3) is 2.76. The second kappa shape index (κ2) is 6.14. The van der Waals surface area contributed by atoms with Crippen LogP contribution in [0.3, 0.4) is 0 Å². The van der Waals surface area contributed by atoms with Gasteiger partial charge in [0.05, 0.1) is 17.9 Å². The van der Waals surface area contributed by atoms with Crippen molar-refractivity contribution in [2.75, 3.05) is 12.4 Å². The summed E-state index contributed by atoms with van der Waals surface area (Å²) >= 11 is 7.40. The van der Waals surface area contributed by atoms with Crippen LogP contribution in [0.1, 0.15) is 12.5 Å². The lowest BCUT2D eigenvalue weighted by Gasteiger charge is -2.07. The zero-order valence-electron chi connectivity index (χ0n) is 12.2. The molecule has 2 heterocycles. The molecule has 0 atom stereocenters.